The molecule has 8 nitrogen and oxygen atoms in total. The topological polar surface area (TPSA) is 114 Å². The zero-order chi connectivity index (χ0) is 22.6. The van der Waals surface area contributed by atoms with Gasteiger partial charge in [0.2, 0.25) is 11.6 Å². The van der Waals surface area contributed by atoms with E-state index in [2.05, 4.69) is 25.6 Å². The highest BCUT2D eigenvalue weighted by molar-refractivity contribution is 9.10. The minimum atomic E-state index is -2.76. The molecule has 1 aromatic heterocycles. The number of halogens is 1. The van der Waals surface area contributed by atoms with Gasteiger partial charge in [-0.2, -0.15) is 5.26 Å². The summed E-state index contributed by atoms with van der Waals surface area (Å²) >= 11 is 3.35. The summed E-state index contributed by atoms with van der Waals surface area (Å²) in [6.45, 7) is 3.35. The summed E-state index contributed by atoms with van der Waals surface area (Å²) in [5.74, 6) is -0.464. The Morgan fingerprint density at radius 1 is 1.35 bits per heavy atom. The van der Waals surface area contributed by atoms with Crippen molar-refractivity contribution in [1.29, 1.82) is 5.26 Å². The van der Waals surface area contributed by atoms with E-state index in [1.807, 2.05) is 11.5 Å². The van der Waals surface area contributed by atoms with Gasteiger partial charge >= 0.3 is 0 Å². The highest BCUT2D eigenvalue weighted by Crippen LogP contribution is 2.25. The van der Waals surface area contributed by atoms with E-state index in [1.54, 1.807) is 36.7 Å². The van der Waals surface area contributed by atoms with Crippen molar-refractivity contribution in [3.8, 4) is 6.19 Å². The highest BCUT2D eigenvalue weighted by Gasteiger charge is 2.22. The van der Waals surface area contributed by atoms with Gasteiger partial charge in [0.1, 0.15) is 5.56 Å². The number of aromatic nitrogens is 1. The van der Waals surface area contributed by atoms with Crippen LogP contribution in [0.2, 0.25) is 0 Å². The molecule has 0 bridgehead atoms. The molecule has 1 N–H and O–H groups in total. The largest absolute Gasteiger partial charge is 0.381 e. The van der Waals surface area contributed by atoms with Crippen LogP contribution in [0.25, 0.3) is 0 Å². The lowest BCUT2D eigenvalue weighted by molar-refractivity contribution is 0.0687. The maximum atomic E-state index is 12.8. The molecule has 2 heterocycles. The number of rotatable bonds is 5. The summed E-state index contributed by atoms with van der Waals surface area (Å²) in [5, 5.41) is 11.4. The molecule has 3 rings (SSSR count). The summed E-state index contributed by atoms with van der Waals surface area (Å²) in [6, 6.07) is 6.82. The van der Waals surface area contributed by atoms with E-state index >= 15 is 0 Å². The van der Waals surface area contributed by atoms with Crippen molar-refractivity contribution in [2.45, 2.75) is 37.2 Å². The van der Waals surface area contributed by atoms with Crippen LogP contribution in [0.3, 0.4) is 0 Å². The molecule has 164 valence electrons. The minimum absolute atomic E-state index is 0.0741. The van der Waals surface area contributed by atoms with Crippen molar-refractivity contribution in [2.24, 2.45) is 4.36 Å². The summed E-state index contributed by atoms with van der Waals surface area (Å²) in [7, 11) is -2.76. The Kier molecular flexibility index (Phi) is 7.30. The first-order valence-corrected chi connectivity index (χ1v) is 12.4. The minimum Gasteiger partial charge on any atom is -0.381 e. The van der Waals surface area contributed by atoms with Crippen LogP contribution in [0.1, 0.15) is 40.5 Å². The van der Waals surface area contributed by atoms with Gasteiger partial charge in [0.25, 0.3) is 5.91 Å². The molecule has 0 saturated carbocycles. The van der Waals surface area contributed by atoms with Crippen LogP contribution in [0.15, 0.2) is 49.0 Å². The molecule has 0 radical (unpaired) electrons. The number of carbonyl (C=O) groups excluding carboxylic acids is 1. The molecule has 0 spiro atoms. The normalized spacial score (nSPS) is 16.2. The number of nitrogens with zero attached hydrogens (tertiary/aromatic N) is 3. The Morgan fingerprint density at radius 3 is 2.61 bits per heavy atom. The summed E-state index contributed by atoms with van der Waals surface area (Å²) in [5.41, 5.74) is 1.28. The molecule has 1 fully saturated rings. The van der Waals surface area contributed by atoms with E-state index in [0.717, 1.165) is 24.1 Å². The monoisotopic (exact) mass is 506 g/mol. The molecule has 10 heteroatoms. The van der Waals surface area contributed by atoms with Gasteiger partial charge in [-0.25, -0.2) is 4.21 Å². The van der Waals surface area contributed by atoms with Crippen molar-refractivity contribution < 1.29 is 13.7 Å². The molecule has 1 atom stereocenters. The maximum Gasteiger partial charge on any atom is 0.257 e. The summed E-state index contributed by atoms with van der Waals surface area (Å²) < 4.78 is 23.5. The molecule has 1 aliphatic rings. The molecule has 1 amide bonds. The fourth-order valence-corrected chi connectivity index (χ4v) is 4.78. The lowest BCUT2D eigenvalue weighted by atomic mass is 10.1. The van der Waals surface area contributed by atoms with Crippen LogP contribution in [-0.2, 0) is 21.0 Å². The first-order chi connectivity index (χ1) is 14.7. The van der Waals surface area contributed by atoms with Crippen LogP contribution in [0.5, 0.6) is 0 Å². The summed E-state index contributed by atoms with van der Waals surface area (Å²) in [4.78, 5) is 25.9. The van der Waals surface area contributed by atoms with Crippen molar-refractivity contribution in [3.05, 3.63) is 62.0 Å². The van der Waals surface area contributed by atoms with Gasteiger partial charge in [0.05, 0.1) is 14.2 Å². The van der Waals surface area contributed by atoms with E-state index < -0.39 is 15.6 Å². The van der Waals surface area contributed by atoms with Crippen LogP contribution in [-0.4, -0.2) is 34.2 Å². The number of hydrogen-bond donors (Lipinski definition) is 1. The second-order valence-corrected chi connectivity index (χ2v) is 10.4. The number of nitrogens with one attached hydrogen (secondary N) is 1. The third kappa shape index (κ3) is 5.23. The molecule has 1 aromatic carbocycles. The predicted molar refractivity (Wildman–Crippen MR) is 120 cm³/mol. The van der Waals surface area contributed by atoms with Gasteiger partial charge in [0, 0.05) is 48.8 Å². The smallest absolute Gasteiger partial charge is 0.257 e. The maximum absolute atomic E-state index is 12.8. The first kappa shape index (κ1) is 23.2. The Balaban J connectivity index is 1.78. The number of pyridine rings is 1. The van der Waals surface area contributed by atoms with Gasteiger partial charge < -0.3 is 14.6 Å². The van der Waals surface area contributed by atoms with Crippen molar-refractivity contribution >= 4 is 31.6 Å². The number of carbonyl (C=O) groups is 1. The third-order valence-electron chi connectivity index (χ3n) is 5.27. The zero-order valence-electron chi connectivity index (χ0n) is 17.3. The number of hydrogen-bond acceptors (Lipinski definition) is 6. The quantitative estimate of drug-likeness (QED) is 0.625. The van der Waals surface area contributed by atoms with E-state index in [4.69, 9.17) is 10.00 Å². The number of amides is 1. The van der Waals surface area contributed by atoms with Gasteiger partial charge in [-0.1, -0.05) is 12.1 Å². The van der Waals surface area contributed by atoms with E-state index in [9.17, 15) is 13.8 Å². The number of benzene rings is 1. The highest BCUT2D eigenvalue weighted by atomic mass is 79.9. The molecule has 1 aliphatic heterocycles. The third-order valence-corrected chi connectivity index (χ3v) is 7.79. The van der Waals surface area contributed by atoms with E-state index in [1.165, 1.54) is 6.26 Å². The van der Waals surface area contributed by atoms with Crippen molar-refractivity contribution in [2.75, 3.05) is 19.5 Å². The first-order valence-electron chi connectivity index (χ1n) is 9.71. The fourth-order valence-electron chi connectivity index (χ4n) is 3.46. The molecule has 0 aliphatic carbocycles. The number of nitriles is 1. The van der Waals surface area contributed by atoms with Crippen LogP contribution < -0.4 is 10.7 Å². The average Bonchev–Trinajstić information content (AvgIpc) is 2.77. The SMILES string of the molecule is Cc1c(Br)c(=O)c(C(=O)NCc2ccc(S(C)(=O)=NC#N)cc2)cn1C1CCOCC1. The van der Waals surface area contributed by atoms with E-state index in [-0.39, 0.29) is 23.6 Å². The van der Waals surface area contributed by atoms with Crippen molar-refractivity contribution in [1.82, 2.24) is 9.88 Å². The molecular weight excluding hydrogens is 484 g/mol. The van der Waals surface area contributed by atoms with Gasteiger partial charge in [-0.3, -0.25) is 9.59 Å². The second-order valence-electron chi connectivity index (χ2n) is 7.34. The second kappa shape index (κ2) is 9.77. The Morgan fingerprint density at radius 2 is 2.00 bits per heavy atom. The molecule has 1 unspecified atom stereocenters. The van der Waals surface area contributed by atoms with Gasteiger partial charge in [0.15, 0.2) is 0 Å². The molecule has 2 aromatic rings. The lowest BCUT2D eigenvalue weighted by Gasteiger charge is -2.27. The van der Waals surface area contributed by atoms with Crippen LogP contribution in [0.4, 0.5) is 0 Å². The Bertz CT molecular complexity index is 1200. The Hall–Kier alpha value is -2.48. The van der Waals surface area contributed by atoms with Crippen LogP contribution in [0, 0.1) is 18.4 Å². The molecule has 31 heavy (non-hydrogen) atoms. The number of ether oxygens (including phenoxy) is 1. The van der Waals surface area contributed by atoms with E-state index in [0.29, 0.717) is 22.6 Å². The zero-order valence-corrected chi connectivity index (χ0v) is 19.7. The fraction of sp³-hybridized carbons (Fsp3) is 0.381. The molecule has 1 saturated heterocycles. The van der Waals surface area contributed by atoms with Gasteiger partial charge in [-0.15, -0.1) is 4.36 Å². The summed E-state index contributed by atoms with van der Waals surface area (Å²) in [6.07, 6.45) is 6.24. The Labute approximate surface area is 189 Å². The molecular formula is C21H23BrN4O4S. The predicted octanol–water partition coefficient (Wildman–Crippen LogP) is 3.14. The standard InChI is InChI=1S/C21H23BrN4O4S/c1-14-19(22)20(27)18(12-26(14)16-7-9-30-10-8-16)21(28)24-11-15-3-5-17(6-4-15)31(2,29)25-13-23/h3-6,12,16H,7-11H2,1-2H3,(H,24,28). The average molecular weight is 507 g/mol. The van der Waals surface area contributed by atoms with Crippen molar-refractivity contribution in [3.63, 3.8) is 0 Å². The van der Waals surface area contributed by atoms with Gasteiger partial charge in [-0.05, 0) is 53.4 Å². The van der Waals surface area contributed by atoms with Crippen LogP contribution >= 0.6 is 15.9 Å². The lowest BCUT2D eigenvalue weighted by Crippen LogP contribution is -2.32.